The van der Waals surface area contributed by atoms with Gasteiger partial charge in [0.2, 0.25) is 0 Å². The summed E-state index contributed by atoms with van der Waals surface area (Å²) in [5.41, 5.74) is 2.84. The first-order chi connectivity index (χ1) is 10.5. The average molecular weight is 317 g/mol. The zero-order chi connectivity index (χ0) is 15.7. The topological polar surface area (TPSA) is 66.9 Å². The molecule has 0 atom stereocenters. The van der Waals surface area contributed by atoms with E-state index in [1.807, 2.05) is 26.0 Å². The number of amides is 1. The van der Waals surface area contributed by atoms with Crippen LogP contribution in [-0.2, 0) is 0 Å². The molecule has 1 aromatic heterocycles. The molecule has 1 saturated carbocycles. The van der Waals surface area contributed by atoms with Crippen LogP contribution in [0, 0.1) is 13.8 Å². The van der Waals surface area contributed by atoms with Crippen molar-refractivity contribution in [1.82, 2.24) is 9.97 Å². The number of aromatic nitrogens is 2. The van der Waals surface area contributed by atoms with E-state index >= 15 is 0 Å². The van der Waals surface area contributed by atoms with Gasteiger partial charge in [0.15, 0.2) is 0 Å². The Morgan fingerprint density at radius 3 is 2.59 bits per heavy atom. The molecule has 1 aromatic carbocycles. The molecule has 1 aliphatic rings. The molecule has 2 N–H and O–H groups in total. The SMILES string of the molecule is Cc1cc(C)c(NC(=O)c2cnc(NC3CC3)cn2)c(Cl)c1. The molecule has 3 rings (SSSR count). The number of nitrogens with zero attached hydrogens (tertiary/aromatic N) is 2. The largest absolute Gasteiger partial charge is 0.366 e. The molecule has 0 bridgehead atoms. The van der Waals surface area contributed by atoms with Crippen LogP contribution < -0.4 is 10.6 Å². The maximum Gasteiger partial charge on any atom is 0.275 e. The van der Waals surface area contributed by atoms with Gasteiger partial charge < -0.3 is 10.6 Å². The molecule has 6 heteroatoms. The number of benzene rings is 1. The number of nitrogens with one attached hydrogen (secondary N) is 2. The molecule has 0 radical (unpaired) electrons. The normalized spacial score (nSPS) is 13.8. The minimum absolute atomic E-state index is 0.261. The molecule has 1 aliphatic carbocycles. The lowest BCUT2D eigenvalue weighted by atomic mass is 10.1. The van der Waals surface area contributed by atoms with Gasteiger partial charge in [0.05, 0.1) is 23.1 Å². The Morgan fingerprint density at radius 2 is 2.00 bits per heavy atom. The van der Waals surface area contributed by atoms with Gasteiger partial charge in [0.1, 0.15) is 11.5 Å². The van der Waals surface area contributed by atoms with Crippen LogP contribution in [0.5, 0.6) is 0 Å². The molecular formula is C16H17ClN4O. The van der Waals surface area contributed by atoms with Gasteiger partial charge >= 0.3 is 0 Å². The van der Waals surface area contributed by atoms with Crippen LogP contribution in [0.4, 0.5) is 11.5 Å². The maximum absolute atomic E-state index is 12.3. The smallest absolute Gasteiger partial charge is 0.275 e. The highest BCUT2D eigenvalue weighted by Crippen LogP contribution is 2.27. The quantitative estimate of drug-likeness (QED) is 0.905. The Bertz CT molecular complexity index is 688. The van der Waals surface area contributed by atoms with Gasteiger partial charge in [-0.15, -0.1) is 0 Å². The monoisotopic (exact) mass is 316 g/mol. The summed E-state index contributed by atoms with van der Waals surface area (Å²) in [6, 6.07) is 4.29. The summed E-state index contributed by atoms with van der Waals surface area (Å²) in [5.74, 6) is 0.378. The summed E-state index contributed by atoms with van der Waals surface area (Å²) in [5, 5.41) is 6.55. The van der Waals surface area contributed by atoms with Gasteiger partial charge in [-0.2, -0.15) is 0 Å². The number of hydrogen-bond acceptors (Lipinski definition) is 4. The minimum Gasteiger partial charge on any atom is -0.366 e. The van der Waals surface area contributed by atoms with Gasteiger partial charge in [-0.05, 0) is 43.9 Å². The Labute approximate surface area is 134 Å². The Hall–Kier alpha value is -2.14. The van der Waals surface area contributed by atoms with Crippen molar-refractivity contribution in [2.24, 2.45) is 0 Å². The van der Waals surface area contributed by atoms with Crippen LogP contribution in [0.1, 0.15) is 34.5 Å². The van der Waals surface area contributed by atoms with Crippen LogP contribution >= 0.6 is 11.6 Å². The second-order valence-corrected chi connectivity index (χ2v) is 6.01. The first kappa shape index (κ1) is 14.8. The molecule has 2 aromatic rings. The first-order valence-electron chi connectivity index (χ1n) is 7.19. The fraction of sp³-hybridized carbons (Fsp3) is 0.312. The number of aryl methyl sites for hydroxylation is 2. The van der Waals surface area contributed by atoms with Gasteiger partial charge in [-0.25, -0.2) is 9.97 Å². The standard InChI is InChI=1S/C16H17ClN4O/c1-9-5-10(2)15(12(17)6-9)21-16(22)13-7-19-14(8-18-13)20-11-3-4-11/h5-8,11H,3-4H2,1-2H3,(H,19,20)(H,21,22). The Morgan fingerprint density at radius 1 is 1.23 bits per heavy atom. The number of carbonyl (C=O) groups is 1. The van der Waals surface area contributed by atoms with E-state index in [-0.39, 0.29) is 11.6 Å². The van der Waals surface area contributed by atoms with Crippen molar-refractivity contribution in [3.8, 4) is 0 Å². The molecule has 0 saturated heterocycles. The Kier molecular flexibility index (Phi) is 3.98. The van der Waals surface area contributed by atoms with Gasteiger partial charge in [-0.1, -0.05) is 17.7 Å². The number of carbonyl (C=O) groups excluding carboxylic acids is 1. The van der Waals surface area contributed by atoms with Crippen molar-refractivity contribution in [3.63, 3.8) is 0 Å². The zero-order valence-corrected chi connectivity index (χ0v) is 13.2. The molecule has 5 nitrogen and oxygen atoms in total. The summed E-state index contributed by atoms with van der Waals surface area (Å²) in [6.45, 7) is 3.87. The second-order valence-electron chi connectivity index (χ2n) is 5.60. The van der Waals surface area contributed by atoms with Gasteiger partial charge in [-0.3, -0.25) is 4.79 Å². The minimum atomic E-state index is -0.320. The summed E-state index contributed by atoms with van der Waals surface area (Å²) in [4.78, 5) is 20.6. The van der Waals surface area contributed by atoms with Crippen LogP contribution in [-0.4, -0.2) is 21.9 Å². The van der Waals surface area contributed by atoms with E-state index in [0.29, 0.717) is 22.6 Å². The summed E-state index contributed by atoms with van der Waals surface area (Å²) in [7, 11) is 0. The van der Waals surface area contributed by atoms with Crippen molar-refractivity contribution in [1.29, 1.82) is 0 Å². The highest BCUT2D eigenvalue weighted by molar-refractivity contribution is 6.34. The van der Waals surface area contributed by atoms with Crippen molar-refractivity contribution in [3.05, 3.63) is 46.4 Å². The van der Waals surface area contributed by atoms with Gasteiger partial charge in [0.25, 0.3) is 5.91 Å². The number of halogens is 1. The van der Waals surface area contributed by atoms with Gasteiger partial charge in [0, 0.05) is 6.04 Å². The molecule has 0 aliphatic heterocycles. The predicted octanol–water partition coefficient (Wildman–Crippen LogP) is 3.57. The highest BCUT2D eigenvalue weighted by Gasteiger charge is 2.21. The predicted molar refractivity (Wildman–Crippen MR) is 87.6 cm³/mol. The fourth-order valence-corrected chi connectivity index (χ4v) is 2.58. The lowest BCUT2D eigenvalue weighted by Crippen LogP contribution is -2.16. The molecule has 1 fully saturated rings. The van der Waals surface area contributed by atoms with Crippen LogP contribution in [0.3, 0.4) is 0 Å². The third-order valence-corrected chi connectivity index (χ3v) is 3.78. The van der Waals surface area contributed by atoms with E-state index in [1.165, 1.54) is 6.20 Å². The first-order valence-corrected chi connectivity index (χ1v) is 7.57. The van der Waals surface area contributed by atoms with Crippen LogP contribution in [0.2, 0.25) is 5.02 Å². The summed E-state index contributed by atoms with van der Waals surface area (Å²) < 4.78 is 0. The van der Waals surface area contributed by atoms with Crippen molar-refractivity contribution in [2.45, 2.75) is 32.7 Å². The molecule has 1 amide bonds. The van der Waals surface area contributed by atoms with E-state index in [2.05, 4.69) is 20.6 Å². The lowest BCUT2D eigenvalue weighted by Gasteiger charge is -2.11. The molecule has 22 heavy (non-hydrogen) atoms. The lowest BCUT2D eigenvalue weighted by molar-refractivity contribution is 0.102. The van der Waals surface area contributed by atoms with E-state index in [0.717, 1.165) is 24.0 Å². The van der Waals surface area contributed by atoms with E-state index in [1.54, 1.807) is 6.20 Å². The highest BCUT2D eigenvalue weighted by atomic mass is 35.5. The number of rotatable bonds is 4. The number of hydrogen-bond donors (Lipinski definition) is 2. The van der Waals surface area contributed by atoms with Crippen LogP contribution in [0.25, 0.3) is 0 Å². The molecule has 0 spiro atoms. The fourth-order valence-electron chi connectivity index (χ4n) is 2.21. The number of anilines is 2. The molecular weight excluding hydrogens is 300 g/mol. The second kappa shape index (κ2) is 5.93. The van der Waals surface area contributed by atoms with Crippen molar-refractivity contribution >= 4 is 29.0 Å². The van der Waals surface area contributed by atoms with E-state index < -0.39 is 0 Å². The molecule has 1 heterocycles. The third-order valence-electron chi connectivity index (χ3n) is 3.48. The zero-order valence-electron chi connectivity index (χ0n) is 12.5. The molecule has 0 unspecified atom stereocenters. The third kappa shape index (κ3) is 3.36. The average Bonchev–Trinajstić information content (AvgIpc) is 3.27. The summed E-state index contributed by atoms with van der Waals surface area (Å²) >= 11 is 6.20. The van der Waals surface area contributed by atoms with Crippen molar-refractivity contribution in [2.75, 3.05) is 10.6 Å². The summed E-state index contributed by atoms with van der Waals surface area (Å²) in [6.07, 6.45) is 5.37. The Balaban J connectivity index is 1.73. The van der Waals surface area contributed by atoms with E-state index in [4.69, 9.17) is 11.6 Å². The van der Waals surface area contributed by atoms with Crippen LogP contribution in [0.15, 0.2) is 24.5 Å². The van der Waals surface area contributed by atoms with Crippen molar-refractivity contribution < 1.29 is 4.79 Å². The maximum atomic E-state index is 12.3. The van der Waals surface area contributed by atoms with E-state index in [9.17, 15) is 4.79 Å². The molecule has 114 valence electrons.